The van der Waals surface area contributed by atoms with Gasteiger partial charge in [-0.25, -0.2) is 0 Å². The van der Waals surface area contributed by atoms with E-state index >= 15 is 0 Å². The first kappa shape index (κ1) is 12.8. The summed E-state index contributed by atoms with van der Waals surface area (Å²) in [5.41, 5.74) is 5.20. The van der Waals surface area contributed by atoms with Crippen LogP contribution in [0.2, 0.25) is 0 Å². The molecule has 0 aliphatic carbocycles. The van der Waals surface area contributed by atoms with Gasteiger partial charge in [0.1, 0.15) is 24.4 Å². The standard InChI is InChI=1S/C8H17NO6/c9-1-2-14-8-7(13)6(12)5(11)4(3-10)15-8/h4-8,10-13H,1-3,9H2/t4?,5-,6?,7+,8-/m1/s1. The number of aliphatic hydroxyl groups is 4. The SMILES string of the molecule is NCCO[C@@H]1OC(CO)[C@@H](O)C(O)[C@@H]1O. The normalized spacial score (nSPS) is 41.8. The van der Waals surface area contributed by atoms with Gasteiger partial charge in [-0.15, -0.1) is 0 Å². The van der Waals surface area contributed by atoms with Gasteiger partial charge in [0.05, 0.1) is 13.2 Å². The molecule has 1 aliphatic rings. The lowest BCUT2D eigenvalue weighted by Crippen LogP contribution is -2.59. The molecule has 0 spiro atoms. The molecule has 0 aromatic rings. The van der Waals surface area contributed by atoms with Crippen molar-refractivity contribution in [1.29, 1.82) is 0 Å². The van der Waals surface area contributed by atoms with Crippen LogP contribution in [0.4, 0.5) is 0 Å². The highest BCUT2D eigenvalue weighted by molar-refractivity contribution is 4.88. The Morgan fingerprint density at radius 1 is 1.13 bits per heavy atom. The Labute approximate surface area is 87.0 Å². The van der Waals surface area contributed by atoms with Crippen LogP contribution in [0.15, 0.2) is 0 Å². The fraction of sp³-hybridized carbons (Fsp3) is 1.00. The lowest BCUT2D eigenvalue weighted by molar-refractivity contribution is -0.300. The zero-order chi connectivity index (χ0) is 11.4. The second-order valence-corrected chi connectivity index (χ2v) is 3.36. The van der Waals surface area contributed by atoms with Gasteiger partial charge < -0.3 is 35.6 Å². The van der Waals surface area contributed by atoms with E-state index in [1.165, 1.54) is 0 Å². The quantitative estimate of drug-likeness (QED) is 0.339. The van der Waals surface area contributed by atoms with Crippen molar-refractivity contribution in [3.05, 3.63) is 0 Å². The molecular formula is C8H17NO6. The minimum atomic E-state index is -1.40. The van der Waals surface area contributed by atoms with Gasteiger partial charge in [0.25, 0.3) is 0 Å². The fourth-order valence-corrected chi connectivity index (χ4v) is 1.39. The van der Waals surface area contributed by atoms with Gasteiger partial charge in [-0.2, -0.15) is 0 Å². The zero-order valence-corrected chi connectivity index (χ0v) is 8.19. The topological polar surface area (TPSA) is 125 Å². The Balaban J connectivity index is 2.57. The van der Waals surface area contributed by atoms with Gasteiger partial charge in [-0.05, 0) is 0 Å². The van der Waals surface area contributed by atoms with E-state index in [0.717, 1.165) is 0 Å². The Morgan fingerprint density at radius 3 is 2.33 bits per heavy atom. The molecule has 1 rings (SSSR count). The molecule has 7 nitrogen and oxygen atoms in total. The molecule has 7 heteroatoms. The van der Waals surface area contributed by atoms with Crippen LogP contribution < -0.4 is 5.73 Å². The monoisotopic (exact) mass is 223 g/mol. The van der Waals surface area contributed by atoms with Crippen LogP contribution in [0.1, 0.15) is 0 Å². The Morgan fingerprint density at radius 2 is 1.80 bits per heavy atom. The number of ether oxygens (including phenoxy) is 2. The largest absolute Gasteiger partial charge is 0.394 e. The third-order valence-corrected chi connectivity index (χ3v) is 2.25. The molecule has 0 aromatic carbocycles. The van der Waals surface area contributed by atoms with Crippen molar-refractivity contribution in [2.75, 3.05) is 19.8 Å². The molecule has 1 heterocycles. The van der Waals surface area contributed by atoms with Crippen molar-refractivity contribution < 1.29 is 29.9 Å². The van der Waals surface area contributed by atoms with Crippen LogP contribution in [0, 0.1) is 0 Å². The lowest BCUT2D eigenvalue weighted by Gasteiger charge is -2.39. The number of nitrogens with two attached hydrogens (primary N) is 1. The van der Waals surface area contributed by atoms with Crippen molar-refractivity contribution in [3.8, 4) is 0 Å². The molecule has 1 saturated heterocycles. The first-order valence-electron chi connectivity index (χ1n) is 4.74. The van der Waals surface area contributed by atoms with Crippen molar-refractivity contribution in [3.63, 3.8) is 0 Å². The average molecular weight is 223 g/mol. The molecule has 6 N–H and O–H groups in total. The van der Waals surface area contributed by atoms with Crippen molar-refractivity contribution in [2.45, 2.75) is 30.7 Å². The summed E-state index contributed by atoms with van der Waals surface area (Å²) in [6.07, 6.45) is -6.13. The van der Waals surface area contributed by atoms with Gasteiger partial charge in [-0.1, -0.05) is 0 Å². The maximum Gasteiger partial charge on any atom is 0.186 e. The molecule has 5 atom stereocenters. The van der Waals surface area contributed by atoms with Gasteiger partial charge in [0.15, 0.2) is 6.29 Å². The summed E-state index contributed by atoms with van der Waals surface area (Å²) in [4.78, 5) is 0. The summed E-state index contributed by atoms with van der Waals surface area (Å²) in [5, 5.41) is 37.1. The summed E-state index contributed by atoms with van der Waals surface area (Å²) in [5.74, 6) is 0. The van der Waals surface area contributed by atoms with Crippen LogP contribution in [-0.4, -0.2) is 70.9 Å². The number of hydrogen-bond acceptors (Lipinski definition) is 7. The van der Waals surface area contributed by atoms with Gasteiger partial charge in [0.2, 0.25) is 0 Å². The Kier molecular flexibility index (Phi) is 4.87. The first-order valence-corrected chi connectivity index (χ1v) is 4.74. The third kappa shape index (κ3) is 2.85. The molecule has 2 unspecified atom stereocenters. The van der Waals surface area contributed by atoms with E-state index in [4.69, 9.17) is 20.3 Å². The van der Waals surface area contributed by atoms with Gasteiger partial charge in [0, 0.05) is 6.54 Å². The smallest absolute Gasteiger partial charge is 0.186 e. The lowest BCUT2D eigenvalue weighted by atomic mass is 9.99. The highest BCUT2D eigenvalue weighted by Crippen LogP contribution is 2.21. The Bertz CT molecular complexity index is 190. The maximum absolute atomic E-state index is 9.47. The number of aliphatic hydroxyl groups excluding tert-OH is 4. The van der Waals surface area contributed by atoms with Crippen molar-refractivity contribution in [2.24, 2.45) is 5.73 Å². The van der Waals surface area contributed by atoms with E-state index in [9.17, 15) is 15.3 Å². The molecular weight excluding hydrogens is 206 g/mol. The maximum atomic E-state index is 9.47. The molecule has 90 valence electrons. The average Bonchev–Trinajstić information content (AvgIpc) is 2.25. The molecule has 0 radical (unpaired) electrons. The molecule has 1 fully saturated rings. The molecule has 15 heavy (non-hydrogen) atoms. The molecule has 0 saturated carbocycles. The highest BCUT2D eigenvalue weighted by atomic mass is 16.7. The van der Waals surface area contributed by atoms with Crippen molar-refractivity contribution in [1.82, 2.24) is 0 Å². The Hall–Kier alpha value is -0.280. The van der Waals surface area contributed by atoms with E-state index in [-0.39, 0.29) is 13.2 Å². The molecule has 1 aliphatic heterocycles. The summed E-state index contributed by atoms with van der Waals surface area (Å²) >= 11 is 0. The second kappa shape index (κ2) is 5.71. The van der Waals surface area contributed by atoms with Gasteiger partial charge >= 0.3 is 0 Å². The summed E-state index contributed by atoms with van der Waals surface area (Å²) in [6, 6.07) is 0. The van der Waals surface area contributed by atoms with Crippen LogP contribution in [0.3, 0.4) is 0 Å². The fourth-order valence-electron chi connectivity index (χ4n) is 1.39. The summed E-state index contributed by atoms with van der Waals surface area (Å²) in [7, 11) is 0. The second-order valence-electron chi connectivity index (χ2n) is 3.36. The molecule has 0 aromatic heterocycles. The summed E-state index contributed by atoms with van der Waals surface area (Å²) < 4.78 is 10.1. The van der Waals surface area contributed by atoms with Crippen LogP contribution in [-0.2, 0) is 9.47 Å². The van der Waals surface area contributed by atoms with Crippen LogP contribution >= 0.6 is 0 Å². The van der Waals surface area contributed by atoms with Crippen molar-refractivity contribution >= 4 is 0 Å². The molecule has 0 bridgehead atoms. The first-order chi connectivity index (χ1) is 7.11. The van der Waals surface area contributed by atoms with Crippen LogP contribution in [0.25, 0.3) is 0 Å². The minimum absolute atomic E-state index is 0.155. The zero-order valence-electron chi connectivity index (χ0n) is 8.19. The van der Waals surface area contributed by atoms with E-state index in [1.54, 1.807) is 0 Å². The van der Waals surface area contributed by atoms with Crippen LogP contribution in [0.5, 0.6) is 0 Å². The van der Waals surface area contributed by atoms with E-state index < -0.39 is 37.3 Å². The highest BCUT2D eigenvalue weighted by Gasteiger charge is 2.43. The van der Waals surface area contributed by atoms with E-state index in [1.807, 2.05) is 0 Å². The van der Waals surface area contributed by atoms with Gasteiger partial charge in [-0.3, -0.25) is 0 Å². The predicted molar refractivity (Wildman–Crippen MR) is 48.8 cm³/mol. The predicted octanol–water partition coefficient (Wildman–Crippen LogP) is -3.24. The summed E-state index contributed by atoms with van der Waals surface area (Å²) in [6.45, 7) is -0.0643. The number of hydrogen-bond donors (Lipinski definition) is 5. The number of rotatable bonds is 4. The van der Waals surface area contributed by atoms with E-state index in [2.05, 4.69) is 0 Å². The molecule has 0 amide bonds. The minimum Gasteiger partial charge on any atom is -0.394 e. The third-order valence-electron chi connectivity index (χ3n) is 2.25. The van der Waals surface area contributed by atoms with E-state index in [0.29, 0.717) is 0 Å².